The Labute approximate surface area is 183 Å². The van der Waals surface area contributed by atoms with E-state index < -0.39 is 5.97 Å². The fraction of sp³-hybridized carbons (Fsp3) is 0.130. The maximum atomic E-state index is 10.9. The summed E-state index contributed by atoms with van der Waals surface area (Å²) in [6.07, 6.45) is 9.97. The predicted molar refractivity (Wildman–Crippen MR) is 118 cm³/mol. The molecule has 0 atom stereocenters. The molecule has 0 radical (unpaired) electrons. The number of imidazole rings is 2. The number of pyridine rings is 3. The van der Waals surface area contributed by atoms with Crippen LogP contribution >= 0.6 is 0 Å². The highest BCUT2D eigenvalue weighted by Crippen LogP contribution is 2.17. The van der Waals surface area contributed by atoms with Crippen molar-refractivity contribution in [1.82, 2.24) is 23.8 Å². The smallest absolute Gasteiger partial charge is 0.337 e. The van der Waals surface area contributed by atoms with Crippen molar-refractivity contribution in [3.63, 3.8) is 0 Å². The van der Waals surface area contributed by atoms with Crippen molar-refractivity contribution in [2.24, 2.45) is 0 Å². The molecule has 0 aliphatic carbocycles. The summed E-state index contributed by atoms with van der Waals surface area (Å²) in [6, 6.07) is 11.6. The highest BCUT2D eigenvalue weighted by molar-refractivity contribution is 5.87. The van der Waals surface area contributed by atoms with Crippen molar-refractivity contribution >= 4 is 22.8 Å². The van der Waals surface area contributed by atoms with E-state index in [1.54, 1.807) is 12.4 Å². The number of aromatic carboxylic acids is 1. The van der Waals surface area contributed by atoms with Gasteiger partial charge >= 0.3 is 5.97 Å². The summed E-state index contributed by atoms with van der Waals surface area (Å²) in [5.41, 5.74) is 10.5. The lowest BCUT2D eigenvalue weighted by Gasteiger charge is -2.06. The molecule has 0 unspecified atom stereocenters. The molecule has 0 spiro atoms. The number of nitrogens with one attached hydrogen (secondary N) is 1. The van der Waals surface area contributed by atoms with Crippen LogP contribution in [0.1, 0.15) is 32.9 Å². The molecule has 0 saturated carbocycles. The van der Waals surface area contributed by atoms with Crippen molar-refractivity contribution < 1.29 is 15.6 Å². The first-order valence-electron chi connectivity index (χ1n) is 10.2. The number of rotatable bonds is 7. The van der Waals surface area contributed by atoms with Gasteiger partial charge in [-0.2, -0.15) is 0 Å². The van der Waals surface area contributed by atoms with Crippen LogP contribution in [0.4, 0.5) is 5.82 Å². The fourth-order valence-corrected chi connectivity index (χ4v) is 3.78. The molecule has 5 rings (SSSR count). The summed E-state index contributed by atoms with van der Waals surface area (Å²) in [5.74, 6) is -0.391. The summed E-state index contributed by atoms with van der Waals surface area (Å²) < 4.78 is 4.07. The molecule has 0 fully saturated rings. The Hall–Kier alpha value is -4.24. The number of aromatic nitrogens is 5. The van der Waals surface area contributed by atoms with E-state index in [1.807, 2.05) is 15.1 Å². The Morgan fingerprint density at radius 2 is 1.56 bits per heavy atom. The summed E-state index contributed by atoms with van der Waals surface area (Å²) in [7, 11) is 0. The minimum Gasteiger partial charge on any atom is -0.478 e. The second-order valence-corrected chi connectivity index (χ2v) is 7.56. The molecule has 5 aromatic rings. The lowest BCUT2D eigenvalue weighted by Crippen LogP contribution is -2.47. The first-order valence-corrected chi connectivity index (χ1v) is 10.2. The van der Waals surface area contributed by atoms with E-state index in [-0.39, 0.29) is 5.56 Å². The number of hydrogen-bond acceptors (Lipinski definition) is 5. The van der Waals surface area contributed by atoms with Crippen LogP contribution in [0.5, 0.6) is 0 Å². The van der Waals surface area contributed by atoms with Gasteiger partial charge in [0, 0.05) is 25.0 Å². The minimum absolute atomic E-state index is 0.158. The molecule has 0 saturated heterocycles. The normalized spacial score (nSPS) is 11.3. The maximum absolute atomic E-state index is 10.9. The van der Waals surface area contributed by atoms with Gasteiger partial charge in [0.1, 0.15) is 18.1 Å². The molecule has 5 N–H and O–H groups in total. The zero-order valence-electron chi connectivity index (χ0n) is 17.3. The molecule has 0 amide bonds. The van der Waals surface area contributed by atoms with E-state index in [0.29, 0.717) is 18.9 Å². The largest absolute Gasteiger partial charge is 0.478 e. The lowest BCUT2D eigenvalue weighted by atomic mass is 10.1. The van der Waals surface area contributed by atoms with Crippen molar-refractivity contribution in [3.8, 4) is 0 Å². The molecule has 5 heterocycles. The van der Waals surface area contributed by atoms with Crippen LogP contribution in [0.25, 0.3) is 11.0 Å². The van der Waals surface area contributed by atoms with Gasteiger partial charge < -0.3 is 25.0 Å². The van der Waals surface area contributed by atoms with E-state index in [4.69, 9.17) is 5.11 Å². The monoisotopic (exact) mass is 428 g/mol. The quantitative estimate of drug-likeness (QED) is 0.364. The molecule has 160 valence electrons. The highest BCUT2D eigenvalue weighted by Gasteiger charge is 2.09. The Morgan fingerprint density at radius 1 is 0.906 bits per heavy atom. The number of carboxylic acid groups (broad SMARTS) is 1. The molecule has 9 heteroatoms. The summed E-state index contributed by atoms with van der Waals surface area (Å²) in [5, 5.41) is 12.2. The first kappa shape index (κ1) is 19.7. The number of anilines is 1. The van der Waals surface area contributed by atoms with Gasteiger partial charge in [-0.05, 0) is 35.4 Å². The van der Waals surface area contributed by atoms with Gasteiger partial charge in [0.25, 0.3) is 0 Å². The minimum atomic E-state index is -0.993. The van der Waals surface area contributed by atoms with Gasteiger partial charge in [-0.25, -0.2) is 19.7 Å². The van der Waals surface area contributed by atoms with E-state index >= 15 is 0 Å². The van der Waals surface area contributed by atoms with Crippen molar-refractivity contribution in [3.05, 3.63) is 95.7 Å². The van der Waals surface area contributed by atoms with Crippen LogP contribution in [0, 0.1) is 0 Å². The molecular formula is C23H22N7O2+. The van der Waals surface area contributed by atoms with Gasteiger partial charge in [-0.3, -0.25) is 0 Å². The summed E-state index contributed by atoms with van der Waals surface area (Å²) >= 11 is 0. The van der Waals surface area contributed by atoms with Crippen LogP contribution in [-0.4, -0.2) is 34.8 Å². The van der Waals surface area contributed by atoms with E-state index in [0.717, 1.165) is 28.8 Å². The van der Waals surface area contributed by atoms with Crippen molar-refractivity contribution in [2.45, 2.75) is 19.5 Å². The molecule has 5 aromatic heterocycles. The Balaban J connectivity index is 1.30. The van der Waals surface area contributed by atoms with Crippen molar-refractivity contribution in [1.29, 1.82) is 0 Å². The first-order chi connectivity index (χ1) is 15.6. The topological polar surface area (TPSA) is 124 Å². The molecule has 0 aliphatic rings. The van der Waals surface area contributed by atoms with Gasteiger partial charge in [0.05, 0.1) is 41.5 Å². The third kappa shape index (κ3) is 3.77. The maximum Gasteiger partial charge on any atom is 0.337 e. The molecular weight excluding hydrogens is 406 g/mol. The average Bonchev–Trinajstić information content (AvgIpc) is 3.41. The third-order valence-corrected chi connectivity index (χ3v) is 5.44. The van der Waals surface area contributed by atoms with Crippen LogP contribution in [0.2, 0.25) is 0 Å². The van der Waals surface area contributed by atoms with Crippen molar-refractivity contribution in [2.75, 3.05) is 5.32 Å². The molecule has 0 aliphatic heterocycles. The zero-order valence-corrected chi connectivity index (χ0v) is 17.3. The van der Waals surface area contributed by atoms with Crippen LogP contribution in [0.15, 0.2) is 67.6 Å². The van der Waals surface area contributed by atoms with E-state index in [2.05, 4.69) is 62.7 Å². The number of hydrogen-bond donors (Lipinski definition) is 3. The van der Waals surface area contributed by atoms with Gasteiger partial charge in [0.2, 0.25) is 0 Å². The van der Waals surface area contributed by atoms with Crippen LogP contribution in [-0.2, 0) is 19.5 Å². The number of carbonyl (C=O) groups is 1. The predicted octanol–water partition coefficient (Wildman–Crippen LogP) is 2.02. The average molecular weight is 428 g/mol. The van der Waals surface area contributed by atoms with Gasteiger partial charge in [0.15, 0.2) is 0 Å². The SMILES string of the molecule is [NH3+]Cc1ncn2cc(Cc3ccc4c(CNc5ccc(C(=O)O)cn5)ncn4c3)ccc12. The second-order valence-electron chi connectivity index (χ2n) is 7.56. The van der Waals surface area contributed by atoms with E-state index in [9.17, 15) is 4.79 Å². The molecule has 0 aromatic carbocycles. The second kappa shape index (κ2) is 8.12. The molecule has 0 bridgehead atoms. The van der Waals surface area contributed by atoms with Crippen LogP contribution in [0.3, 0.4) is 0 Å². The summed E-state index contributed by atoms with van der Waals surface area (Å²) in [4.78, 5) is 24.0. The van der Waals surface area contributed by atoms with Gasteiger partial charge in [-0.1, -0.05) is 12.1 Å². The molecule has 32 heavy (non-hydrogen) atoms. The van der Waals surface area contributed by atoms with E-state index in [1.165, 1.54) is 23.4 Å². The highest BCUT2D eigenvalue weighted by atomic mass is 16.4. The standard InChI is InChI=1S/C23H21N7O2/c24-8-18-20-4-1-15(11-29(20)13-27-18)7-16-2-5-21-19(28-14-30(21)12-16)10-26-22-6-3-17(9-25-22)23(31)32/h1-6,9,11-14H,7-8,10,24H2,(H,25,26)(H,31,32)/p+1. The Bertz CT molecular complexity index is 1420. The Kier molecular flexibility index (Phi) is 5.00. The van der Waals surface area contributed by atoms with Gasteiger partial charge in [-0.15, -0.1) is 0 Å². The Morgan fingerprint density at radius 3 is 2.16 bits per heavy atom. The zero-order chi connectivity index (χ0) is 22.1. The molecule has 9 nitrogen and oxygen atoms in total. The fourth-order valence-electron chi connectivity index (χ4n) is 3.78. The van der Waals surface area contributed by atoms with Crippen LogP contribution < -0.4 is 11.1 Å². The third-order valence-electron chi connectivity index (χ3n) is 5.44. The number of fused-ring (bicyclic) bond motifs is 2. The number of quaternary nitrogens is 1. The lowest BCUT2D eigenvalue weighted by molar-refractivity contribution is -0.386. The number of carboxylic acids is 1. The number of nitrogens with zero attached hydrogens (tertiary/aromatic N) is 5. The summed E-state index contributed by atoms with van der Waals surface area (Å²) in [6.45, 7) is 1.16.